The molecule has 106 valence electrons. The second-order valence-electron chi connectivity index (χ2n) is 5.40. The Kier molecular flexibility index (Phi) is 4.37. The summed E-state index contributed by atoms with van der Waals surface area (Å²) >= 11 is 0. The maximum Gasteiger partial charge on any atom is 0.251 e. The molecule has 1 fully saturated rings. The summed E-state index contributed by atoms with van der Waals surface area (Å²) in [4.78, 5) is 19.1. The number of H-pyrrole nitrogens is 1. The molecule has 0 aliphatic heterocycles. The Hall–Kier alpha value is -1.20. The molecule has 2 rings (SSSR count). The van der Waals surface area contributed by atoms with E-state index in [4.69, 9.17) is 9.47 Å². The van der Waals surface area contributed by atoms with Gasteiger partial charge in [-0.1, -0.05) is 6.92 Å². The fourth-order valence-corrected chi connectivity index (χ4v) is 2.71. The predicted octanol–water partition coefficient (Wildman–Crippen LogP) is 1.97. The molecule has 1 aliphatic rings. The van der Waals surface area contributed by atoms with Gasteiger partial charge < -0.3 is 14.5 Å². The minimum absolute atomic E-state index is 0.146. The van der Waals surface area contributed by atoms with Gasteiger partial charge in [-0.3, -0.25) is 4.79 Å². The van der Waals surface area contributed by atoms with Crippen molar-refractivity contribution in [1.82, 2.24) is 9.97 Å². The third-order valence-electron chi connectivity index (χ3n) is 3.99. The highest BCUT2D eigenvalue weighted by Crippen LogP contribution is 2.40. The van der Waals surface area contributed by atoms with Crippen molar-refractivity contribution in [3.05, 3.63) is 27.9 Å². The lowest BCUT2D eigenvalue weighted by Crippen LogP contribution is -2.37. The molecular formula is C14H22N2O3. The van der Waals surface area contributed by atoms with Crippen LogP contribution in [-0.4, -0.2) is 24.2 Å². The van der Waals surface area contributed by atoms with E-state index >= 15 is 0 Å². The average molecular weight is 266 g/mol. The van der Waals surface area contributed by atoms with Gasteiger partial charge in [0.1, 0.15) is 11.4 Å². The number of rotatable bonds is 4. The zero-order valence-electron chi connectivity index (χ0n) is 11.9. The molecular weight excluding hydrogens is 244 g/mol. The van der Waals surface area contributed by atoms with Gasteiger partial charge in [-0.2, -0.15) is 0 Å². The Morgan fingerprint density at radius 2 is 2.11 bits per heavy atom. The van der Waals surface area contributed by atoms with E-state index in [1.165, 1.54) is 6.07 Å². The van der Waals surface area contributed by atoms with Gasteiger partial charge in [0, 0.05) is 20.3 Å². The quantitative estimate of drug-likeness (QED) is 0.905. The summed E-state index contributed by atoms with van der Waals surface area (Å²) in [5.41, 5.74) is 0.0542. The van der Waals surface area contributed by atoms with Crippen LogP contribution in [0.1, 0.15) is 44.1 Å². The van der Waals surface area contributed by atoms with Crippen molar-refractivity contribution in [2.75, 3.05) is 14.2 Å². The van der Waals surface area contributed by atoms with E-state index in [1.54, 1.807) is 14.2 Å². The van der Waals surface area contributed by atoms with Gasteiger partial charge in [0.05, 0.1) is 12.3 Å². The first-order valence-electron chi connectivity index (χ1n) is 6.74. The summed E-state index contributed by atoms with van der Waals surface area (Å²) in [6, 6.07) is 1.47. The lowest BCUT2D eigenvalue weighted by atomic mass is 9.79. The molecule has 1 heterocycles. The number of hydrogen-bond donors (Lipinski definition) is 1. The second-order valence-corrected chi connectivity index (χ2v) is 5.40. The van der Waals surface area contributed by atoms with Crippen molar-refractivity contribution in [2.45, 2.75) is 44.8 Å². The third kappa shape index (κ3) is 3.04. The fourth-order valence-electron chi connectivity index (χ4n) is 2.71. The molecule has 1 N–H and O–H groups in total. The van der Waals surface area contributed by atoms with Crippen molar-refractivity contribution in [3.8, 4) is 0 Å². The van der Waals surface area contributed by atoms with Crippen molar-refractivity contribution < 1.29 is 9.47 Å². The first-order chi connectivity index (χ1) is 9.09. The van der Waals surface area contributed by atoms with Crippen LogP contribution in [0, 0.1) is 5.92 Å². The highest BCUT2D eigenvalue weighted by molar-refractivity contribution is 5.10. The van der Waals surface area contributed by atoms with Gasteiger partial charge in [-0.25, -0.2) is 4.98 Å². The fraction of sp³-hybridized carbons (Fsp3) is 0.714. The van der Waals surface area contributed by atoms with Crippen LogP contribution in [0.2, 0.25) is 0 Å². The van der Waals surface area contributed by atoms with E-state index in [2.05, 4.69) is 16.9 Å². The molecule has 0 saturated heterocycles. The normalized spacial score (nSPS) is 27.4. The monoisotopic (exact) mass is 266 g/mol. The van der Waals surface area contributed by atoms with Crippen molar-refractivity contribution in [1.29, 1.82) is 0 Å². The molecule has 0 spiro atoms. The maximum atomic E-state index is 11.7. The molecule has 1 aromatic heterocycles. The SMILES string of the molecule is COCc1cc(=O)[nH]c(C2(OC)CCC(C)CC2)n1. The van der Waals surface area contributed by atoms with E-state index < -0.39 is 5.60 Å². The maximum absolute atomic E-state index is 11.7. The van der Waals surface area contributed by atoms with Crippen LogP contribution in [0.5, 0.6) is 0 Å². The van der Waals surface area contributed by atoms with Crippen molar-refractivity contribution in [2.24, 2.45) is 5.92 Å². The molecule has 0 atom stereocenters. The zero-order valence-corrected chi connectivity index (χ0v) is 11.9. The smallest absolute Gasteiger partial charge is 0.251 e. The lowest BCUT2D eigenvalue weighted by molar-refractivity contribution is -0.0602. The van der Waals surface area contributed by atoms with E-state index in [9.17, 15) is 4.79 Å². The summed E-state index contributed by atoms with van der Waals surface area (Å²) in [5, 5.41) is 0. The Labute approximate surface area is 113 Å². The Bertz CT molecular complexity index is 476. The van der Waals surface area contributed by atoms with Gasteiger partial charge in [0.15, 0.2) is 0 Å². The molecule has 1 saturated carbocycles. The summed E-state index contributed by atoms with van der Waals surface area (Å²) in [6.45, 7) is 2.59. The van der Waals surface area contributed by atoms with E-state index in [-0.39, 0.29) is 5.56 Å². The van der Waals surface area contributed by atoms with Crippen LogP contribution in [0.3, 0.4) is 0 Å². The molecule has 1 aliphatic carbocycles. The van der Waals surface area contributed by atoms with Gasteiger partial charge in [-0.15, -0.1) is 0 Å². The standard InChI is InChI=1S/C14H22N2O3/c1-10-4-6-14(19-3,7-5-10)13-15-11(9-18-2)8-12(17)16-13/h8,10H,4-7,9H2,1-3H3,(H,15,16,17). The Morgan fingerprint density at radius 3 is 2.68 bits per heavy atom. The number of aromatic amines is 1. The summed E-state index contributed by atoms with van der Waals surface area (Å²) in [5.74, 6) is 1.35. The Morgan fingerprint density at radius 1 is 1.42 bits per heavy atom. The number of nitrogens with one attached hydrogen (secondary N) is 1. The molecule has 5 nitrogen and oxygen atoms in total. The van der Waals surface area contributed by atoms with E-state index in [1.807, 2.05) is 0 Å². The first kappa shape index (κ1) is 14.2. The van der Waals surface area contributed by atoms with E-state index in [0.717, 1.165) is 25.7 Å². The van der Waals surface area contributed by atoms with Crippen LogP contribution in [0.4, 0.5) is 0 Å². The number of aromatic nitrogens is 2. The number of hydrogen-bond acceptors (Lipinski definition) is 4. The molecule has 5 heteroatoms. The van der Waals surface area contributed by atoms with Gasteiger partial charge in [0.25, 0.3) is 5.56 Å². The predicted molar refractivity (Wildman–Crippen MR) is 71.9 cm³/mol. The molecule has 1 aromatic rings. The largest absolute Gasteiger partial charge is 0.378 e. The van der Waals surface area contributed by atoms with Crippen LogP contribution in [0.25, 0.3) is 0 Å². The second kappa shape index (κ2) is 5.84. The molecule has 0 amide bonds. The number of nitrogens with zero attached hydrogens (tertiary/aromatic N) is 1. The van der Waals surface area contributed by atoms with E-state index in [0.29, 0.717) is 24.0 Å². The van der Waals surface area contributed by atoms with Crippen LogP contribution >= 0.6 is 0 Å². The molecule has 0 bridgehead atoms. The molecule has 0 unspecified atom stereocenters. The van der Waals surface area contributed by atoms with Crippen LogP contribution in [-0.2, 0) is 21.7 Å². The topological polar surface area (TPSA) is 64.2 Å². The highest BCUT2D eigenvalue weighted by Gasteiger charge is 2.38. The molecule has 0 radical (unpaired) electrons. The van der Waals surface area contributed by atoms with Crippen LogP contribution in [0.15, 0.2) is 10.9 Å². The minimum Gasteiger partial charge on any atom is -0.378 e. The highest BCUT2D eigenvalue weighted by atomic mass is 16.5. The van der Waals surface area contributed by atoms with Gasteiger partial charge in [0.2, 0.25) is 0 Å². The Balaban J connectivity index is 2.35. The summed E-state index contributed by atoms with van der Waals surface area (Å²) in [7, 11) is 3.29. The number of ether oxygens (including phenoxy) is 2. The first-order valence-corrected chi connectivity index (χ1v) is 6.74. The summed E-state index contributed by atoms with van der Waals surface area (Å²) in [6.07, 6.45) is 3.96. The summed E-state index contributed by atoms with van der Waals surface area (Å²) < 4.78 is 10.8. The molecule has 0 aromatic carbocycles. The van der Waals surface area contributed by atoms with Crippen LogP contribution < -0.4 is 5.56 Å². The van der Waals surface area contributed by atoms with Crippen molar-refractivity contribution >= 4 is 0 Å². The minimum atomic E-state index is -0.449. The third-order valence-corrected chi connectivity index (χ3v) is 3.99. The van der Waals surface area contributed by atoms with Crippen molar-refractivity contribution in [3.63, 3.8) is 0 Å². The number of methoxy groups -OCH3 is 2. The van der Waals surface area contributed by atoms with Gasteiger partial charge >= 0.3 is 0 Å². The zero-order chi connectivity index (χ0) is 13.9. The molecule has 19 heavy (non-hydrogen) atoms. The van der Waals surface area contributed by atoms with Gasteiger partial charge in [-0.05, 0) is 31.6 Å². The average Bonchev–Trinajstić information content (AvgIpc) is 2.40. The lowest BCUT2D eigenvalue weighted by Gasteiger charge is -2.37.